The van der Waals surface area contributed by atoms with Crippen LogP contribution in [0.3, 0.4) is 0 Å². The van der Waals surface area contributed by atoms with E-state index < -0.39 is 16.7 Å². The molecule has 104 valence electrons. The topological polar surface area (TPSA) is 103 Å². The SMILES string of the molecule is CCc1nc2c(=O)c3c(=O)n(C)c(=O)n(C)c3[nH]c2o1. The van der Waals surface area contributed by atoms with E-state index in [1.165, 1.54) is 18.7 Å². The van der Waals surface area contributed by atoms with E-state index in [1.807, 2.05) is 6.92 Å². The van der Waals surface area contributed by atoms with Crippen molar-refractivity contribution in [2.24, 2.45) is 14.1 Å². The van der Waals surface area contributed by atoms with Crippen molar-refractivity contribution in [2.45, 2.75) is 13.3 Å². The molecule has 0 fully saturated rings. The zero-order valence-corrected chi connectivity index (χ0v) is 11.2. The Morgan fingerprint density at radius 3 is 2.55 bits per heavy atom. The molecule has 3 rings (SSSR count). The number of nitrogens with zero attached hydrogens (tertiary/aromatic N) is 3. The first-order chi connectivity index (χ1) is 9.45. The molecule has 3 aromatic heterocycles. The van der Waals surface area contributed by atoms with Crippen molar-refractivity contribution in [3.63, 3.8) is 0 Å². The van der Waals surface area contributed by atoms with Crippen LogP contribution in [0.1, 0.15) is 12.8 Å². The predicted molar refractivity (Wildman–Crippen MR) is 72.0 cm³/mol. The van der Waals surface area contributed by atoms with Gasteiger partial charge in [0.2, 0.25) is 11.1 Å². The van der Waals surface area contributed by atoms with Crippen molar-refractivity contribution in [2.75, 3.05) is 0 Å². The van der Waals surface area contributed by atoms with Gasteiger partial charge in [-0.15, -0.1) is 0 Å². The lowest BCUT2D eigenvalue weighted by Crippen LogP contribution is -2.39. The van der Waals surface area contributed by atoms with E-state index in [4.69, 9.17) is 4.42 Å². The second-order valence-electron chi connectivity index (χ2n) is 4.52. The smallest absolute Gasteiger partial charge is 0.332 e. The Morgan fingerprint density at radius 2 is 1.90 bits per heavy atom. The summed E-state index contributed by atoms with van der Waals surface area (Å²) in [6, 6.07) is 0. The van der Waals surface area contributed by atoms with Gasteiger partial charge in [0.1, 0.15) is 11.0 Å². The molecule has 0 aliphatic carbocycles. The Bertz CT molecular complexity index is 1020. The van der Waals surface area contributed by atoms with Gasteiger partial charge in [0.15, 0.2) is 11.4 Å². The van der Waals surface area contributed by atoms with Crippen molar-refractivity contribution in [1.29, 1.82) is 0 Å². The first-order valence-corrected chi connectivity index (χ1v) is 6.07. The number of hydrogen-bond donors (Lipinski definition) is 1. The van der Waals surface area contributed by atoms with Crippen LogP contribution < -0.4 is 16.7 Å². The molecule has 0 aromatic carbocycles. The zero-order valence-electron chi connectivity index (χ0n) is 11.2. The Kier molecular flexibility index (Phi) is 2.43. The molecule has 0 bridgehead atoms. The van der Waals surface area contributed by atoms with Crippen LogP contribution in [-0.4, -0.2) is 19.1 Å². The van der Waals surface area contributed by atoms with Crippen LogP contribution >= 0.6 is 0 Å². The summed E-state index contributed by atoms with van der Waals surface area (Å²) in [6.07, 6.45) is 0.523. The lowest BCUT2D eigenvalue weighted by atomic mass is 10.3. The predicted octanol–water partition coefficient (Wildman–Crippen LogP) is -0.371. The number of oxazole rings is 1. The lowest BCUT2D eigenvalue weighted by Gasteiger charge is -2.05. The van der Waals surface area contributed by atoms with Gasteiger partial charge in [0.25, 0.3) is 5.56 Å². The molecular weight excluding hydrogens is 264 g/mol. The molecule has 0 saturated heterocycles. The van der Waals surface area contributed by atoms with Gasteiger partial charge in [0.05, 0.1) is 0 Å². The van der Waals surface area contributed by atoms with Crippen molar-refractivity contribution >= 4 is 22.3 Å². The fraction of sp³-hybridized carbons (Fsp3) is 0.333. The molecule has 8 heteroatoms. The normalized spacial score (nSPS) is 11.6. The molecule has 0 aliphatic rings. The number of aromatic amines is 1. The van der Waals surface area contributed by atoms with Gasteiger partial charge < -0.3 is 9.40 Å². The number of aryl methyl sites for hydroxylation is 2. The quantitative estimate of drug-likeness (QED) is 0.653. The minimum atomic E-state index is -0.646. The fourth-order valence-corrected chi connectivity index (χ4v) is 2.18. The van der Waals surface area contributed by atoms with Gasteiger partial charge in [-0.3, -0.25) is 18.7 Å². The minimum Gasteiger partial charge on any atom is -0.424 e. The standard InChI is InChI=1S/C12H12N4O4/c1-4-5-13-7-8(17)6-9(14-10(7)20-5)15(2)12(19)16(3)11(6)18/h4H2,1-3H3,(H,14,17). The molecule has 0 aliphatic heterocycles. The maximum Gasteiger partial charge on any atom is 0.332 e. The van der Waals surface area contributed by atoms with Crippen LogP contribution in [0.4, 0.5) is 0 Å². The summed E-state index contributed by atoms with van der Waals surface area (Å²) < 4.78 is 7.47. The number of H-pyrrole nitrogens is 1. The average Bonchev–Trinajstić information content (AvgIpc) is 2.86. The van der Waals surface area contributed by atoms with E-state index >= 15 is 0 Å². The molecular formula is C12H12N4O4. The van der Waals surface area contributed by atoms with Crippen molar-refractivity contribution in [3.8, 4) is 0 Å². The third kappa shape index (κ3) is 1.41. The van der Waals surface area contributed by atoms with E-state index in [9.17, 15) is 14.4 Å². The van der Waals surface area contributed by atoms with Crippen molar-refractivity contribution in [3.05, 3.63) is 37.0 Å². The molecule has 0 spiro atoms. The maximum atomic E-state index is 12.4. The van der Waals surface area contributed by atoms with Crippen molar-refractivity contribution in [1.82, 2.24) is 19.1 Å². The average molecular weight is 276 g/mol. The van der Waals surface area contributed by atoms with Gasteiger partial charge in [-0.2, -0.15) is 0 Å². The molecule has 0 atom stereocenters. The second kappa shape index (κ2) is 3.92. The van der Waals surface area contributed by atoms with Crippen LogP contribution in [-0.2, 0) is 20.5 Å². The number of rotatable bonds is 1. The van der Waals surface area contributed by atoms with E-state index in [2.05, 4.69) is 9.97 Å². The number of nitrogens with one attached hydrogen (secondary N) is 1. The first kappa shape index (κ1) is 12.4. The van der Waals surface area contributed by atoms with Crippen LogP contribution in [0.25, 0.3) is 22.3 Å². The van der Waals surface area contributed by atoms with Crippen LogP contribution in [0.15, 0.2) is 18.8 Å². The largest absolute Gasteiger partial charge is 0.424 e. The number of hydrogen-bond acceptors (Lipinski definition) is 5. The van der Waals surface area contributed by atoms with Gasteiger partial charge in [0, 0.05) is 20.5 Å². The van der Waals surface area contributed by atoms with Gasteiger partial charge in [-0.05, 0) is 0 Å². The van der Waals surface area contributed by atoms with E-state index in [0.717, 1.165) is 4.57 Å². The van der Waals surface area contributed by atoms with Crippen LogP contribution in [0, 0.1) is 0 Å². The zero-order chi connectivity index (χ0) is 14.6. The summed E-state index contributed by atoms with van der Waals surface area (Å²) in [5.41, 5.74) is -1.32. The molecule has 0 saturated carbocycles. The van der Waals surface area contributed by atoms with Gasteiger partial charge >= 0.3 is 5.69 Å². The van der Waals surface area contributed by atoms with Crippen LogP contribution in [0.2, 0.25) is 0 Å². The van der Waals surface area contributed by atoms with Gasteiger partial charge in [-0.25, -0.2) is 9.78 Å². The molecule has 0 radical (unpaired) electrons. The molecule has 20 heavy (non-hydrogen) atoms. The van der Waals surface area contributed by atoms with Gasteiger partial charge in [-0.1, -0.05) is 6.92 Å². The highest BCUT2D eigenvalue weighted by molar-refractivity contribution is 5.85. The lowest BCUT2D eigenvalue weighted by molar-refractivity contribution is 0.529. The summed E-state index contributed by atoms with van der Waals surface area (Å²) >= 11 is 0. The van der Waals surface area contributed by atoms with E-state index in [0.29, 0.717) is 12.3 Å². The first-order valence-electron chi connectivity index (χ1n) is 6.07. The third-order valence-electron chi connectivity index (χ3n) is 3.31. The Balaban J connectivity index is 2.69. The highest BCUT2D eigenvalue weighted by Gasteiger charge is 2.18. The Labute approximate surface area is 111 Å². The summed E-state index contributed by atoms with van der Waals surface area (Å²) in [7, 11) is 2.80. The summed E-state index contributed by atoms with van der Waals surface area (Å²) in [6.45, 7) is 1.84. The molecule has 8 nitrogen and oxygen atoms in total. The summed E-state index contributed by atoms with van der Waals surface area (Å²) in [5.74, 6) is 0.394. The highest BCUT2D eigenvalue weighted by atomic mass is 16.4. The second-order valence-corrected chi connectivity index (χ2v) is 4.52. The fourth-order valence-electron chi connectivity index (χ4n) is 2.18. The van der Waals surface area contributed by atoms with Crippen LogP contribution in [0.5, 0.6) is 0 Å². The number of fused-ring (bicyclic) bond motifs is 2. The monoisotopic (exact) mass is 276 g/mol. The molecule has 3 aromatic rings. The number of aromatic nitrogens is 4. The molecule has 3 heterocycles. The van der Waals surface area contributed by atoms with E-state index in [-0.39, 0.29) is 22.3 Å². The van der Waals surface area contributed by atoms with Crippen molar-refractivity contribution < 1.29 is 4.42 Å². The Hall–Kier alpha value is -2.64. The molecule has 0 amide bonds. The third-order valence-corrected chi connectivity index (χ3v) is 3.31. The minimum absolute atomic E-state index is 0.0742. The molecule has 1 N–H and O–H groups in total. The summed E-state index contributed by atoms with van der Waals surface area (Å²) in [5, 5.41) is -0.0990. The maximum absolute atomic E-state index is 12.4. The number of pyridine rings is 1. The summed E-state index contributed by atoms with van der Waals surface area (Å²) in [4.78, 5) is 43.2. The van der Waals surface area contributed by atoms with E-state index in [1.54, 1.807) is 0 Å². The Morgan fingerprint density at radius 1 is 1.20 bits per heavy atom. The molecule has 0 unspecified atom stereocenters. The highest BCUT2D eigenvalue weighted by Crippen LogP contribution is 2.12.